The predicted molar refractivity (Wildman–Crippen MR) is 126 cm³/mol. The summed E-state index contributed by atoms with van der Waals surface area (Å²) < 4.78 is 16.0. The Morgan fingerprint density at radius 2 is 1.85 bits per heavy atom. The largest absolute Gasteiger partial charge is 0.493 e. The molecule has 33 heavy (non-hydrogen) atoms. The first kappa shape index (κ1) is 22.8. The van der Waals surface area contributed by atoms with Gasteiger partial charge in [0.25, 0.3) is 5.91 Å². The minimum Gasteiger partial charge on any atom is -0.493 e. The number of nitrogens with zero attached hydrogens (tertiary/aromatic N) is 2. The third-order valence-corrected chi connectivity index (χ3v) is 6.34. The van der Waals surface area contributed by atoms with Crippen molar-refractivity contribution < 1.29 is 23.8 Å². The van der Waals surface area contributed by atoms with Crippen LogP contribution in [0.2, 0.25) is 5.02 Å². The van der Waals surface area contributed by atoms with Crippen LogP contribution in [0.4, 0.5) is 0 Å². The van der Waals surface area contributed by atoms with Gasteiger partial charge in [-0.1, -0.05) is 23.7 Å². The maximum absolute atomic E-state index is 13.1. The quantitative estimate of drug-likeness (QED) is 0.443. The fourth-order valence-electron chi connectivity index (χ4n) is 3.51. The molecular weight excluding hydrogens is 464 g/mol. The molecule has 9 heteroatoms. The van der Waals surface area contributed by atoms with Crippen molar-refractivity contribution in [3.63, 3.8) is 0 Å². The smallest absolute Gasteiger partial charge is 0.338 e. The SMILES string of the molecule is COc1ccc([C@H]2CC(c3cccs3)=NN2C(=O)COC(=O)c2ccc(Cl)cc2)cc1OC. The lowest BCUT2D eigenvalue weighted by Crippen LogP contribution is -2.31. The predicted octanol–water partition coefficient (Wildman–Crippen LogP) is 4.95. The average Bonchev–Trinajstić information content (AvgIpc) is 3.52. The van der Waals surface area contributed by atoms with E-state index in [4.69, 9.17) is 25.8 Å². The summed E-state index contributed by atoms with van der Waals surface area (Å²) in [4.78, 5) is 26.4. The van der Waals surface area contributed by atoms with E-state index in [0.717, 1.165) is 16.2 Å². The monoisotopic (exact) mass is 484 g/mol. The number of hydrazone groups is 1. The van der Waals surface area contributed by atoms with Gasteiger partial charge in [0.1, 0.15) is 0 Å². The standard InChI is InChI=1S/C24H21ClN2O5S/c1-30-20-10-7-16(12-21(20)31-2)19-13-18(22-4-3-11-33-22)26-27(19)23(28)14-32-24(29)15-5-8-17(25)9-6-15/h3-12,19H,13-14H2,1-2H3/t19-/m1/s1. The Labute approximate surface area is 200 Å². The molecule has 0 radical (unpaired) electrons. The highest BCUT2D eigenvalue weighted by Gasteiger charge is 2.34. The van der Waals surface area contributed by atoms with Gasteiger partial charge >= 0.3 is 5.97 Å². The van der Waals surface area contributed by atoms with Crippen LogP contribution in [0.15, 0.2) is 65.1 Å². The lowest BCUT2D eigenvalue weighted by Gasteiger charge is -2.22. The number of hydrogen-bond acceptors (Lipinski definition) is 7. The van der Waals surface area contributed by atoms with E-state index in [1.165, 1.54) is 5.01 Å². The molecule has 0 saturated carbocycles. The van der Waals surface area contributed by atoms with Crippen LogP contribution in [0, 0.1) is 0 Å². The molecule has 0 spiro atoms. The summed E-state index contributed by atoms with van der Waals surface area (Å²) in [6.07, 6.45) is 0.521. The molecule has 0 N–H and O–H groups in total. The lowest BCUT2D eigenvalue weighted by atomic mass is 10.0. The van der Waals surface area contributed by atoms with Crippen molar-refractivity contribution in [3.05, 3.63) is 81.0 Å². The molecule has 170 valence electrons. The van der Waals surface area contributed by atoms with Crippen LogP contribution < -0.4 is 9.47 Å². The van der Waals surface area contributed by atoms with Gasteiger partial charge in [0.15, 0.2) is 18.1 Å². The number of halogens is 1. The summed E-state index contributed by atoms with van der Waals surface area (Å²) in [7, 11) is 3.12. The van der Waals surface area contributed by atoms with E-state index in [1.54, 1.807) is 55.9 Å². The highest BCUT2D eigenvalue weighted by atomic mass is 35.5. The van der Waals surface area contributed by atoms with Gasteiger partial charge in [-0.2, -0.15) is 5.10 Å². The van der Waals surface area contributed by atoms with Crippen LogP contribution in [0.5, 0.6) is 11.5 Å². The Morgan fingerprint density at radius 1 is 1.09 bits per heavy atom. The second-order valence-corrected chi connectivity index (χ2v) is 8.56. The minimum absolute atomic E-state index is 0.313. The summed E-state index contributed by atoms with van der Waals surface area (Å²) in [6.45, 7) is -0.438. The zero-order chi connectivity index (χ0) is 23.4. The van der Waals surface area contributed by atoms with E-state index >= 15 is 0 Å². The molecule has 4 rings (SSSR count). The molecule has 0 aliphatic carbocycles. The van der Waals surface area contributed by atoms with E-state index in [0.29, 0.717) is 28.5 Å². The minimum atomic E-state index is -0.607. The topological polar surface area (TPSA) is 77.4 Å². The molecule has 0 bridgehead atoms. The second kappa shape index (κ2) is 10.1. The highest BCUT2D eigenvalue weighted by Crippen LogP contribution is 2.37. The molecule has 0 saturated heterocycles. The summed E-state index contributed by atoms with van der Waals surface area (Å²) in [5.74, 6) is 0.113. The van der Waals surface area contributed by atoms with E-state index in [9.17, 15) is 9.59 Å². The number of amides is 1. The third kappa shape index (κ3) is 5.02. The maximum atomic E-state index is 13.1. The first-order valence-corrected chi connectivity index (χ1v) is 11.3. The first-order chi connectivity index (χ1) is 16.0. The van der Waals surface area contributed by atoms with Gasteiger partial charge in [-0.05, 0) is 53.4 Å². The molecule has 1 atom stereocenters. The molecule has 3 aromatic rings. The van der Waals surface area contributed by atoms with E-state index in [2.05, 4.69) is 5.10 Å². The van der Waals surface area contributed by atoms with Crippen LogP contribution in [0.1, 0.15) is 33.3 Å². The average molecular weight is 485 g/mol. The maximum Gasteiger partial charge on any atom is 0.338 e. The molecule has 7 nitrogen and oxygen atoms in total. The third-order valence-electron chi connectivity index (χ3n) is 5.17. The van der Waals surface area contributed by atoms with Crippen LogP contribution >= 0.6 is 22.9 Å². The normalized spacial score (nSPS) is 15.2. The van der Waals surface area contributed by atoms with Crippen LogP contribution in [-0.4, -0.2) is 43.4 Å². The molecule has 1 amide bonds. The van der Waals surface area contributed by atoms with Gasteiger partial charge in [0.05, 0.1) is 36.4 Å². The van der Waals surface area contributed by atoms with Crippen molar-refractivity contribution in [2.45, 2.75) is 12.5 Å². The van der Waals surface area contributed by atoms with Crippen LogP contribution in [0.3, 0.4) is 0 Å². The number of thiophene rings is 1. The number of ether oxygens (including phenoxy) is 3. The fraction of sp³-hybridized carbons (Fsp3) is 0.208. The molecule has 2 heterocycles. The van der Waals surface area contributed by atoms with Crippen LogP contribution in [0.25, 0.3) is 0 Å². The first-order valence-electron chi connectivity index (χ1n) is 10.1. The second-order valence-electron chi connectivity index (χ2n) is 7.18. The van der Waals surface area contributed by atoms with Crippen molar-refractivity contribution in [1.29, 1.82) is 0 Å². The number of carbonyl (C=O) groups is 2. The molecule has 1 aliphatic heterocycles. The molecule has 0 fully saturated rings. The van der Waals surface area contributed by atoms with Gasteiger partial charge in [-0.3, -0.25) is 4.79 Å². The Bertz CT molecular complexity index is 1180. The van der Waals surface area contributed by atoms with Gasteiger partial charge in [0, 0.05) is 11.4 Å². The summed E-state index contributed by atoms with van der Waals surface area (Å²) in [6, 6.07) is 15.3. The summed E-state index contributed by atoms with van der Waals surface area (Å²) in [5, 5.41) is 8.43. The zero-order valence-corrected chi connectivity index (χ0v) is 19.6. The Hall–Kier alpha value is -3.36. The highest BCUT2D eigenvalue weighted by molar-refractivity contribution is 7.12. The van der Waals surface area contributed by atoms with Crippen molar-refractivity contribution in [2.75, 3.05) is 20.8 Å². The number of esters is 1. The molecule has 0 unspecified atom stereocenters. The zero-order valence-electron chi connectivity index (χ0n) is 18.0. The van der Waals surface area contributed by atoms with Crippen molar-refractivity contribution in [1.82, 2.24) is 5.01 Å². The van der Waals surface area contributed by atoms with E-state index in [1.807, 2.05) is 29.6 Å². The fourth-order valence-corrected chi connectivity index (χ4v) is 4.36. The van der Waals surface area contributed by atoms with Gasteiger partial charge < -0.3 is 14.2 Å². The number of benzene rings is 2. The van der Waals surface area contributed by atoms with E-state index < -0.39 is 18.5 Å². The molecule has 1 aromatic heterocycles. The number of rotatable bonds is 7. The van der Waals surface area contributed by atoms with Crippen molar-refractivity contribution >= 4 is 40.5 Å². The van der Waals surface area contributed by atoms with Crippen LogP contribution in [-0.2, 0) is 9.53 Å². The van der Waals surface area contributed by atoms with Gasteiger partial charge in [-0.15, -0.1) is 11.3 Å². The molecular formula is C24H21ClN2O5S. The Morgan fingerprint density at radius 3 is 2.52 bits per heavy atom. The van der Waals surface area contributed by atoms with Gasteiger partial charge in [0.2, 0.25) is 0 Å². The van der Waals surface area contributed by atoms with Crippen molar-refractivity contribution in [3.8, 4) is 11.5 Å². The summed E-state index contributed by atoms with van der Waals surface area (Å²) >= 11 is 7.41. The number of hydrogen-bond donors (Lipinski definition) is 0. The van der Waals surface area contributed by atoms with Gasteiger partial charge in [-0.25, -0.2) is 9.80 Å². The number of methoxy groups -OCH3 is 2. The van der Waals surface area contributed by atoms with E-state index in [-0.39, 0.29) is 6.04 Å². The Balaban J connectivity index is 1.56. The lowest BCUT2D eigenvalue weighted by molar-refractivity contribution is -0.136. The number of carbonyl (C=O) groups excluding carboxylic acids is 2. The molecule has 2 aromatic carbocycles. The van der Waals surface area contributed by atoms with Crippen molar-refractivity contribution in [2.24, 2.45) is 5.10 Å². The Kier molecular flexibility index (Phi) is 6.96. The summed E-state index contributed by atoms with van der Waals surface area (Å²) in [5.41, 5.74) is 1.94. The molecule has 1 aliphatic rings.